The number of fused-ring (bicyclic) bond motifs is 1. The monoisotopic (exact) mass is 368 g/mol. The first-order valence-corrected chi connectivity index (χ1v) is 9.19. The van der Waals surface area contributed by atoms with E-state index in [9.17, 15) is 5.11 Å². The molecule has 0 bridgehead atoms. The van der Waals surface area contributed by atoms with Crippen LogP contribution in [0, 0.1) is 5.41 Å². The Hall–Kier alpha value is -2.14. The summed E-state index contributed by atoms with van der Waals surface area (Å²) in [6.45, 7) is 0. The van der Waals surface area contributed by atoms with Crippen LogP contribution in [-0.2, 0) is 11.2 Å². The van der Waals surface area contributed by atoms with Crippen LogP contribution in [0.2, 0.25) is 5.02 Å². The first-order valence-electron chi connectivity index (χ1n) is 8.81. The van der Waals surface area contributed by atoms with Gasteiger partial charge in [0, 0.05) is 30.6 Å². The lowest BCUT2D eigenvalue weighted by atomic mass is 10.0. The van der Waals surface area contributed by atoms with Crippen molar-refractivity contribution in [1.29, 1.82) is 5.41 Å². The molecule has 0 spiro atoms. The Morgan fingerprint density at radius 3 is 2.73 bits per heavy atom. The molecular weight excluding hydrogens is 348 g/mol. The fourth-order valence-electron chi connectivity index (χ4n) is 3.73. The Morgan fingerprint density at radius 2 is 1.96 bits per heavy atom. The van der Waals surface area contributed by atoms with Gasteiger partial charge in [-0.05, 0) is 29.7 Å². The molecule has 4 nitrogen and oxygen atoms in total. The fraction of sp³-hybridized carbons (Fsp3) is 0.286. The number of aliphatic hydroxyl groups excluding tert-OH is 1. The SMILES string of the molecule is N=CC1CC(O)CC(n2cc(Cc3ccccc3)c3c(Cl)cccc32)O1. The second kappa shape index (κ2) is 7.23. The van der Waals surface area contributed by atoms with E-state index in [2.05, 4.69) is 22.9 Å². The van der Waals surface area contributed by atoms with Crippen molar-refractivity contribution in [3.05, 3.63) is 70.9 Å². The molecule has 1 aliphatic rings. The van der Waals surface area contributed by atoms with Gasteiger partial charge in [-0.2, -0.15) is 0 Å². The number of benzene rings is 2. The maximum Gasteiger partial charge on any atom is 0.137 e. The van der Waals surface area contributed by atoms with Crippen LogP contribution in [0.1, 0.15) is 30.2 Å². The molecule has 2 aromatic carbocycles. The minimum Gasteiger partial charge on any atom is -0.393 e. The molecule has 3 atom stereocenters. The first kappa shape index (κ1) is 17.3. The van der Waals surface area contributed by atoms with Gasteiger partial charge >= 0.3 is 0 Å². The fourth-order valence-corrected chi connectivity index (χ4v) is 4.02. The highest BCUT2D eigenvalue weighted by Gasteiger charge is 2.29. The predicted molar refractivity (Wildman–Crippen MR) is 104 cm³/mol. The summed E-state index contributed by atoms with van der Waals surface area (Å²) < 4.78 is 8.07. The Labute approximate surface area is 157 Å². The lowest BCUT2D eigenvalue weighted by Crippen LogP contribution is -2.34. The zero-order chi connectivity index (χ0) is 18.1. The molecule has 0 amide bonds. The molecule has 0 saturated carbocycles. The zero-order valence-electron chi connectivity index (χ0n) is 14.3. The van der Waals surface area contributed by atoms with Gasteiger partial charge in [0.15, 0.2) is 0 Å². The Bertz CT molecular complexity index is 922. The average molecular weight is 369 g/mol. The molecule has 3 unspecified atom stereocenters. The topological polar surface area (TPSA) is 58.2 Å². The molecule has 2 heterocycles. The van der Waals surface area contributed by atoms with E-state index in [1.165, 1.54) is 11.8 Å². The number of nitrogens with one attached hydrogen (secondary N) is 1. The molecule has 1 aliphatic heterocycles. The van der Waals surface area contributed by atoms with Crippen LogP contribution in [0.3, 0.4) is 0 Å². The molecule has 0 radical (unpaired) electrons. The minimum atomic E-state index is -0.477. The molecule has 2 N–H and O–H groups in total. The van der Waals surface area contributed by atoms with Gasteiger partial charge in [0.1, 0.15) is 6.23 Å². The van der Waals surface area contributed by atoms with Gasteiger partial charge in [0.2, 0.25) is 0 Å². The van der Waals surface area contributed by atoms with E-state index in [-0.39, 0.29) is 12.3 Å². The average Bonchev–Trinajstić information content (AvgIpc) is 3.02. The largest absolute Gasteiger partial charge is 0.393 e. The maximum absolute atomic E-state index is 10.2. The maximum atomic E-state index is 10.2. The van der Waals surface area contributed by atoms with E-state index in [0.717, 1.165) is 22.9 Å². The summed E-state index contributed by atoms with van der Waals surface area (Å²) >= 11 is 6.53. The van der Waals surface area contributed by atoms with Gasteiger partial charge in [-0.25, -0.2) is 0 Å². The summed E-state index contributed by atoms with van der Waals surface area (Å²) in [5, 5.41) is 19.4. The van der Waals surface area contributed by atoms with Gasteiger partial charge in [-0.1, -0.05) is 48.0 Å². The normalized spacial score (nSPS) is 23.2. The van der Waals surface area contributed by atoms with Crippen LogP contribution >= 0.6 is 11.6 Å². The second-order valence-electron chi connectivity index (χ2n) is 6.78. The van der Waals surface area contributed by atoms with Gasteiger partial charge in [-0.3, -0.25) is 0 Å². The molecule has 26 heavy (non-hydrogen) atoms. The van der Waals surface area contributed by atoms with E-state index < -0.39 is 6.10 Å². The van der Waals surface area contributed by atoms with Crippen LogP contribution in [0.5, 0.6) is 0 Å². The molecule has 134 valence electrons. The number of aromatic nitrogens is 1. The second-order valence-corrected chi connectivity index (χ2v) is 7.19. The highest BCUT2D eigenvalue weighted by atomic mass is 35.5. The smallest absolute Gasteiger partial charge is 0.137 e. The number of rotatable bonds is 4. The standard InChI is InChI=1S/C21H21ClN2O2/c22-18-7-4-8-19-21(18)15(9-14-5-2-1-3-6-14)13-24(19)20-11-16(25)10-17(12-23)26-20/h1-8,12-13,16-17,20,23,25H,9-11H2. The molecule has 5 heteroatoms. The van der Waals surface area contributed by atoms with Gasteiger partial charge in [-0.15, -0.1) is 0 Å². The number of nitrogens with zero attached hydrogens (tertiary/aromatic N) is 1. The van der Waals surface area contributed by atoms with Crippen molar-refractivity contribution < 1.29 is 9.84 Å². The first-order chi connectivity index (χ1) is 12.7. The highest BCUT2D eigenvalue weighted by Crippen LogP contribution is 2.35. The number of halogens is 1. The summed E-state index contributed by atoms with van der Waals surface area (Å²) in [5.74, 6) is 0. The third-order valence-corrected chi connectivity index (χ3v) is 5.24. The van der Waals surface area contributed by atoms with Gasteiger partial charge < -0.3 is 19.8 Å². The van der Waals surface area contributed by atoms with Crippen molar-refractivity contribution in [3.63, 3.8) is 0 Å². The van der Waals surface area contributed by atoms with Crippen LogP contribution in [0.4, 0.5) is 0 Å². The number of aliphatic hydroxyl groups is 1. The Morgan fingerprint density at radius 1 is 1.15 bits per heavy atom. The van der Waals surface area contributed by atoms with Crippen LogP contribution in [0.25, 0.3) is 10.9 Å². The van der Waals surface area contributed by atoms with Crippen molar-refractivity contribution in [2.45, 2.75) is 37.7 Å². The summed E-state index contributed by atoms with van der Waals surface area (Å²) in [6.07, 6.45) is 3.94. The molecule has 0 aliphatic carbocycles. The van der Waals surface area contributed by atoms with Crippen molar-refractivity contribution in [1.82, 2.24) is 4.57 Å². The third kappa shape index (κ3) is 3.28. The van der Waals surface area contributed by atoms with Crippen molar-refractivity contribution in [3.8, 4) is 0 Å². The van der Waals surface area contributed by atoms with Crippen molar-refractivity contribution in [2.24, 2.45) is 0 Å². The number of hydrogen-bond acceptors (Lipinski definition) is 3. The highest BCUT2D eigenvalue weighted by molar-refractivity contribution is 6.35. The molecule has 3 aromatic rings. The third-order valence-electron chi connectivity index (χ3n) is 4.93. The lowest BCUT2D eigenvalue weighted by molar-refractivity contribution is -0.0998. The zero-order valence-corrected chi connectivity index (χ0v) is 15.1. The van der Waals surface area contributed by atoms with Crippen molar-refractivity contribution in [2.75, 3.05) is 0 Å². The molecule has 1 saturated heterocycles. The molecular formula is C21H21ClN2O2. The van der Waals surface area contributed by atoms with Crippen molar-refractivity contribution >= 4 is 28.7 Å². The quantitative estimate of drug-likeness (QED) is 0.662. The van der Waals surface area contributed by atoms with Crippen LogP contribution in [0.15, 0.2) is 54.7 Å². The summed E-state index contributed by atoms with van der Waals surface area (Å²) in [4.78, 5) is 0. The summed E-state index contributed by atoms with van der Waals surface area (Å²) in [6, 6.07) is 16.1. The molecule has 1 aromatic heterocycles. The Balaban J connectivity index is 1.78. The predicted octanol–water partition coefficient (Wildman–Crippen LogP) is 4.57. The van der Waals surface area contributed by atoms with E-state index >= 15 is 0 Å². The molecule has 1 fully saturated rings. The van der Waals surface area contributed by atoms with E-state index in [1.54, 1.807) is 0 Å². The number of hydrogen-bond donors (Lipinski definition) is 2. The van der Waals surface area contributed by atoms with Gasteiger partial charge in [0.25, 0.3) is 0 Å². The summed E-state index contributed by atoms with van der Waals surface area (Å²) in [7, 11) is 0. The summed E-state index contributed by atoms with van der Waals surface area (Å²) in [5.41, 5.74) is 3.34. The van der Waals surface area contributed by atoms with Gasteiger partial charge in [0.05, 0.1) is 22.7 Å². The van der Waals surface area contributed by atoms with Crippen LogP contribution < -0.4 is 0 Å². The van der Waals surface area contributed by atoms with Crippen LogP contribution in [-0.4, -0.2) is 28.1 Å². The Kier molecular flexibility index (Phi) is 4.81. The van der Waals surface area contributed by atoms with E-state index in [4.69, 9.17) is 21.7 Å². The minimum absolute atomic E-state index is 0.309. The molecule has 4 rings (SSSR count). The number of ether oxygens (including phenoxy) is 1. The van der Waals surface area contributed by atoms with E-state index in [0.29, 0.717) is 17.9 Å². The van der Waals surface area contributed by atoms with E-state index in [1.807, 2.05) is 36.4 Å². The lowest BCUT2D eigenvalue weighted by Gasteiger charge is -2.32.